The zero-order valence-electron chi connectivity index (χ0n) is 15.5. The van der Waals surface area contributed by atoms with Gasteiger partial charge in [0.05, 0.1) is 25.3 Å². The average molecular weight is 377 g/mol. The number of ether oxygens (including phenoxy) is 2. The maximum absolute atomic E-state index is 12.4. The first-order valence-electron chi connectivity index (χ1n) is 8.44. The molecule has 0 saturated carbocycles. The van der Waals surface area contributed by atoms with Crippen LogP contribution in [0.4, 0.5) is 5.69 Å². The van der Waals surface area contributed by atoms with E-state index in [9.17, 15) is 19.2 Å². The molecule has 9 nitrogen and oxygen atoms in total. The number of nitrogens with one attached hydrogen (secondary N) is 2. The smallest absolute Gasteiger partial charge is 0.311 e. The van der Waals surface area contributed by atoms with Crippen LogP contribution in [0.25, 0.3) is 0 Å². The molecule has 2 N–H and O–H groups in total. The van der Waals surface area contributed by atoms with Gasteiger partial charge in [-0.05, 0) is 24.6 Å². The van der Waals surface area contributed by atoms with Crippen molar-refractivity contribution in [2.24, 2.45) is 5.92 Å². The maximum Gasteiger partial charge on any atom is 0.311 e. The molecule has 1 heterocycles. The van der Waals surface area contributed by atoms with Crippen molar-refractivity contribution in [2.75, 3.05) is 38.8 Å². The van der Waals surface area contributed by atoms with Gasteiger partial charge in [-0.1, -0.05) is 6.07 Å². The van der Waals surface area contributed by atoms with E-state index in [1.165, 1.54) is 19.1 Å². The molecule has 1 aliphatic heterocycles. The Kier molecular flexibility index (Phi) is 6.75. The van der Waals surface area contributed by atoms with Crippen molar-refractivity contribution in [3.63, 3.8) is 0 Å². The minimum Gasteiger partial charge on any atom is -0.495 e. The van der Waals surface area contributed by atoms with Crippen LogP contribution in [0, 0.1) is 12.8 Å². The topological polar surface area (TPSA) is 114 Å². The van der Waals surface area contributed by atoms with Gasteiger partial charge in [-0.2, -0.15) is 0 Å². The Hall–Kier alpha value is -3.10. The van der Waals surface area contributed by atoms with Gasteiger partial charge in [0.2, 0.25) is 11.8 Å². The third-order valence-corrected chi connectivity index (χ3v) is 4.15. The lowest BCUT2D eigenvalue weighted by Gasteiger charge is -2.20. The molecule has 1 saturated heterocycles. The van der Waals surface area contributed by atoms with Gasteiger partial charge in [0.15, 0.2) is 6.61 Å². The Balaban J connectivity index is 1.93. The number of likely N-dealkylation sites (N-methyl/N-ethyl adjacent to an activating group) is 1. The van der Waals surface area contributed by atoms with Crippen LogP contribution in [0.5, 0.6) is 5.75 Å². The highest BCUT2D eigenvalue weighted by Crippen LogP contribution is 2.34. The SMILES string of the molecule is CNC(=O)CNC(=O)COC(=O)[C@H]1CC(=O)N(c2cc(C)ccc2OC)C1. The number of methoxy groups -OCH3 is 1. The molecule has 3 amide bonds. The third kappa shape index (κ3) is 5.19. The van der Waals surface area contributed by atoms with E-state index >= 15 is 0 Å². The van der Waals surface area contributed by atoms with Crippen molar-refractivity contribution < 1.29 is 28.7 Å². The summed E-state index contributed by atoms with van der Waals surface area (Å²) in [5, 5.41) is 4.68. The molecule has 1 aromatic rings. The quantitative estimate of drug-likeness (QED) is 0.634. The summed E-state index contributed by atoms with van der Waals surface area (Å²) in [6, 6.07) is 5.45. The molecule has 146 valence electrons. The van der Waals surface area contributed by atoms with E-state index in [0.717, 1.165) is 5.56 Å². The lowest BCUT2D eigenvalue weighted by atomic mass is 10.1. The van der Waals surface area contributed by atoms with Crippen LogP contribution in [0.2, 0.25) is 0 Å². The highest BCUT2D eigenvalue weighted by molar-refractivity contribution is 6.00. The summed E-state index contributed by atoms with van der Waals surface area (Å²) in [5.41, 5.74) is 1.55. The maximum atomic E-state index is 12.4. The van der Waals surface area contributed by atoms with Gasteiger partial charge < -0.3 is 25.0 Å². The first kappa shape index (κ1) is 20.2. The second-order valence-electron chi connectivity index (χ2n) is 6.14. The molecule has 0 spiro atoms. The number of anilines is 1. The molecular formula is C18H23N3O6. The van der Waals surface area contributed by atoms with E-state index in [2.05, 4.69) is 10.6 Å². The first-order valence-corrected chi connectivity index (χ1v) is 8.44. The summed E-state index contributed by atoms with van der Waals surface area (Å²) in [7, 11) is 2.96. The Morgan fingerprint density at radius 2 is 2.00 bits per heavy atom. The van der Waals surface area contributed by atoms with Crippen molar-refractivity contribution in [3.05, 3.63) is 23.8 Å². The number of aryl methyl sites for hydroxylation is 1. The average Bonchev–Trinajstić information content (AvgIpc) is 3.05. The van der Waals surface area contributed by atoms with E-state index in [1.807, 2.05) is 19.1 Å². The number of benzene rings is 1. The fourth-order valence-corrected chi connectivity index (χ4v) is 2.68. The van der Waals surface area contributed by atoms with Gasteiger partial charge in [-0.25, -0.2) is 0 Å². The van der Waals surface area contributed by atoms with Crippen LogP contribution in [0.1, 0.15) is 12.0 Å². The number of carbonyl (C=O) groups is 4. The Bertz CT molecular complexity index is 749. The number of carbonyl (C=O) groups excluding carboxylic acids is 4. The number of esters is 1. The summed E-state index contributed by atoms with van der Waals surface area (Å²) < 4.78 is 10.3. The van der Waals surface area contributed by atoms with Gasteiger partial charge in [0, 0.05) is 20.0 Å². The van der Waals surface area contributed by atoms with Crippen molar-refractivity contribution in [1.82, 2.24) is 10.6 Å². The minimum atomic E-state index is -0.672. The van der Waals surface area contributed by atoms with Crippen molar-refractivity contribution in [2.45, 2.75) is 13.3 Å². The normalized spacial score (nSPS) is 16.0. The van der Waals surface area contributed by atoms with Crippen LogP contribution >= 0.6 is 0 Å². The molecule has 0 aromatic heterocycles. The Morgan fingerprint density at radius 3 is 2.67 bits per heavy atom. The zero-order valence-corrected chi connectivity index (χ0v) is 15.5. The molecule has 1 aromatic carbocycles. The van der Waals surface area contributed by atoms with Crippen LogP contribution < -0.4 is 20.3 Å². The van der Waals surface area contributed by atoms with E-state index in [0.29, 0.717) is 11.4 Å². The summed E-state index contributed by atoms with van der Waals surface area (Å²) in [4.78, 5) is 48.7. The van der Waals surface area contributed by atoms with E-state index in [4.69, 9.17) is 9.47 Å². The summed E-state index contributed by atoms with van der Waals surface area (Å²) >= 11 is 0. The lowest BCUT2D eigenvalue weighted by Crippen LogP contribution is -2.37. The number of rotatable bonds is 7. The zero-order chi connectivity index (χ0) is 20.0. The van der Waals surface area contributed by atoms with Gasteiger partial charge in [-0.3, -0.25) is 19.2 Å². The predicted molar refractivity (Wildman–Crippen MR) is 96.2 cm³/mol. The van der Waals surface area contributed by atoms with Crippen molar-refractivity contribution in [1.29, 1.82) is 0 Å². The molecule has 2 rings (SSSR count). The van der Waals surface area contributed by atoms with E-state index in [1.54, 1.807) is 6.07 Å². The fraction of sp³-hybridized carbons (Fsp3) is 0.444. The molecule has 0 unspecified atom stereocenters. The van der Waals surface area contributed by atoms with Gasteiger partial charge >= 0.3 is 5.97 Å². The standard InChI is InChI=1S/C18H23N3O6/c1-11-4-5-14(26-3)13(6-11)21-9-12(7-17(21)24)18(25)27-10-16(23)20-8-15(22)19-2/h4-6,12H,7-10H2,1-3H3,(H,19,22)(H,20,23)/t12-/m0/s1. The Morgan fingerprint density at radius 1 is 1.26 bits per heavy atom. The summed E-state index contributed by atoms with van der Waals surface area (Å²) in [6.45, 7) is 1.34. The molecule has 27 heavy (non-hydrogen) atoms. The van der Waals surface area contributed by atoms with E-state index < -0.39 is 24.4 Å². The molecule has 0 radical (unpaired) electrons. The van der Waals surface area contributed by atoms with E-state index in [-0.39, 0.29) is 31.3 Å². The molecule has 0 bridgehead atoms. The van der Waals surface area contributed by atoms with Crippen LogP contribution in [0.3, 0.4) is 0 Å². The van der Waals surface area contributed by atoms with Crippen LogP contribution in [0.15, 0.2) is 18.2 Å². The van der Waals surface area contributed by atoms with Crippen molar-refractivity contribution in [3.8, 4) is 5.75 Å². The lowest BCUT2D eigenvalue weighted by molar-refractivity contribution is -0.152. The number of nitrogens with zero attached hydrogens (tertiary/aromatic N) is 1. The Labute approximate surface area is 157 Å². The summed E-state index contributed by atoms with van der Waals surface area (Å²) in [5.74, 6) is -1.93. The van der Waals surface area contributed by atoms with Gasteiger partial charge in [0.1, 0.15) is 5.75 Å². The first-order chi connectivity index (χ1) is 12.8. The fourth-order valence-electron chi connectivity index (χ4n) is 2.68. The van der Waals surface area contributed by atoms with Crippen LogP contribution in [-0.4, -0.2) is 57.5 Å². The van der Waals surface area contributed by atoms with Crippen molar-refractivity contribution >= 4 is 29.4 Å². The monoisotopic (exact) mass is 377 g/mol. The second-order valence-corrected chi connectivity index (χ2v) is 6.14. The third-order valence-electron chi connectivity index (χ3n) is 4.15. The van der Waals surface area contributed by atoms with Gasteiger partial charge in [0.25, 0.3) is 5.91 Å². The molecule has 1 fully saturated rings. The summed E-state index contributed by atoms with van der Waals surface area (Å²) in [6.07, 6.45) is -0.00418. The minimum absolute atomic E-state index is 0.00418. The van der Waals surface area contributed by atoms with Gasteiger partial charge in [-0.15, -0.1) is 0 Å². The molecule has 0 aliphatic carbocycles. The highest BCUT2D eigenvalue weighted by Gasteiger charge is 2.37. The largest absolute Gasteiger partial charge is 0.495 e. The molecule has 9 heteroatoms. The highest BCUT2D eigenvalue weighted by atomic mass is 16.5. The molecule has 1 aliphatic rings. The molecule has 1 atom stereocenters. The number of hydrogen-bond donors (Lipinski definition) is 2. The number of amides is 3. The number of hydrogen-bond acceptors (Lipinski definition) is 6. The second kappa shape index (κ2) is 9.02. The molecular weight excluding hydrogens is 354 g/mol. The van der Waals surface area contributed by atoms with Crippen LogP contribution in [-0.2, 0) is 23.9 Å². The predicted octanol–water partition coefficient (Wildman–Crippen LogP) is -0.238.